The first kappa shape index (κ1) is 16.1. The summed E-state index contributed by atoms with van der Waals surface area (Å²) in [5, 5.41) is 9.60. The van der Waals surface area contributed by atoms with E-state index in [0.717, 1.165) is 22.4 Å². The molecule has 3 aromatic rings. The molecule has 0 fully saturated rings. The van der Waals surface area contributed by atoms with E-state index in [1.807, 2.05) is 48.5 Å². The molecule has 0 aliphatic carbocycles. The van der Waals surface area contributed by atoms with Crippen molar-refractivity contribution in [2.75, 3.05) is 0 Å². The summed E-state index contributed by atoms with van der Waals surface area (Å²) in [6, 6.07) is 22.0. The largest absolute Gasteiger partial charge is 0.489 e. The smallest absolute Gasteiger partial charge is 0.335 e. The second-order valence-corrected chi connectivity index (χ2v) is 5.70. The van der Waals surface area contributed by atoms with E-state index in [-0.39, 0.29) is 5.56 Å². The number of hydrogen-bond acceptors (Lipinski definition) is 2. The summed E-state index contributed by atoms with van der Waals surface area (Å²) in [7, 11) is 0. The summed E-state index contributed by atoms with van der Waals surface area (Å²) in [4.78, 5) is 10.8. The van der Waals surface area contributed by atoms with E-state index < -0.39 is 5.97 Å². The molecule has 0 atom stereocenters. The Balaban J connectivity index is 1.66. The number of carboxylic acids is 1. The van der Waals surface area contributed by atoms with Crippen LogP contribution in [0, 0.1) is 0 Å². The van der Waals surface area contributed by atoms with E-state index in [4.69, 9.17) is 21.4 Å². The van der Waals surface area contributed by atoms with Gasteiger partial charge in [-0.15, -0.1) is 0 Å². The van der Waals surface area contributed by atoms with Gasteiger partial charge in [0.2, 0.25) is 0 Å². The highest BCUT2D eigenvalue weighted by atomic mass is 35.5. The number of rotatable bonds is 5. The van der Waals surface area contributed by atoms with E-state index in [2.05, 4.69) is 0 Å². The van der Waals surface area contributed by atoms with Crippen molar-refractivity contribution >= 4 is 17.6 Å². The first-order valence-corrected chi connectivity index (χ1v) is 7.81. The second-order valence-electron chi connectivity index (χ2n) is 5.29. The number of aromatic carboxylic acids is 1. The third-order valence-electron chi connectivity index (χ3n) is 3.65. The zero-order valence-corrected chi connectivity index (χ0v) is 13.5. The Bertz CT molecular complexity index is 840. The van der Waals surface area contributed by atoms with Crippen molar-refractivity contribution in [3.05, 3.63) is 88.9 Å². The summed E-state index contributed by atoms with van der Waals surface area (Å²) >= 11 is 6.20. The molecule has 120 valence electrons. The third kappa shape index (κ3) is 3.76. The molecule has 3 rings (SSSR count). The Kier molecular flexibility index (Phi) is 4.82. The average molecular weight is 339 g/mol. The van der Waals surface area contributed by atoms with Crippen LogP contribution in [-0.4, -0.2) is 11.1 Å². The van der Waals surface area contributed by atoms with Crippen molar-refractivity contribution in [3.63, 3.8) is 0 Å². The van der Waals surface area contributed by atoms with Crippen LogP contribution in [0.5, 0.6) is 5.75 Å². The zero-order chi connectivity index (χ0) is 16.9. The molecule has 0 saturated heterocycles. The van der Waals surface area contributed by atoms with E-state index in [9.17, 15) is 4.79 Å². The van der Waals surface area contributed by atoms with Gasteiger partial charge in [0.1, 0.15) is 12.4 Å². The molecular formula is C20H15ClO3. The van der Waals surface area contributed by atoms with Crippen molar-refractivity contribution in [2.45, 2.75) is 6.61 Å². The third-order valence-corrected chi connectivity index (χ3v) is 3.98. The van der Waals surface area contributed by atoms with E-state index in [1.165, 1.54) is 0 Å². The number of halogens is 1. The van der Waals surface area contributed by atoms with Crippen molar-refractivity contribution < 1.29 is 14.6 Å². The summed E-state index contributed by atoms with van der Waals surface area (Å²) in [6.45, 7) is 0.380. The van der Waals surface area contributed by atoms with Crippen molar-refractivity contribution in [3.8, 4) is 16.9 Å². The van der Waals surface area contributed by atoms with Crippen LogP contribution >= 0.6 is 11.6 Å². The highest BCUT2D eigenvalue weighted by Gasteiger charge is 2.04. The van der Waals surface area contributed by atoms with Gasteiger partial charge in [0, 0.05) is 10.6 Å². The van der Waals surface area contributed by atoms with Gasteiger partial charge in [0.15, 0.2) is 0 Å². The molecule has 0 aliphatic heterocycles. The minimum absolute atomic E-state index is 0.267. The minimum atomic E-state index is -0.933. The van der Waals surface area contributed by atoms with Gasteiger partial charge in [-0.05, 0) is 41.5 Å². The summed E-state index contributed by atoms with van der Waals surface area (Å²) in [5.41, 5.74) is 3.19. The van der Waals surface area contributed by atoms with Crippen LogP contribution in [0.2, 0.25) is 5.02 Å². The predicted octanol–water partition coefficient (Wildman–Crippen LogP) is 5.28. The van der Waals surface area contributed by atoms with Gasteiger partial charge >= 0.3 is 5.97 Å². The molecule has 0 radical (unpaired) electrons. The van der Waals surface area contributed by atoms with Crippen molar-refractivity contribution in [1.82, 2.24) is 0 Å². The van der Waals surface area contributed by atoms with Crippen molar-refractivity contribution in [1.29, 1.82) is 0 Å². The lowest BCUT2D eigenvalue weighted by Crippen LogP contribution is -1.98. The van der Waals surface area contributed by atoms with Gasteiger partial charge in [-0.2, -0.15) is 0 Å². The molecule has 0 heterocycles. The second kappa shape index (κ2) is 7.20. The van der Waals surface area contributed by atoms with E-state index in [1.54, 1.807) is 24.3 Å². The lowest BCUT2D eigenvalue weighted by atomic mass is 10.1. The summed E-state index contributed by atoms with van der Waals surface area (Å²) in [5.74, 6) is -0.189. The molecule has 3 nitrogen and oxygen atoms in total. The van der Waals surface area contributed by atoms with Gasteiger partial charge in [0.25, 0.3) is 0 Å². The average Bonchev–Trinajstić information content (AvgIpc) is 2.61. The van der Waals surface area contributed by atoms with Crippen LogP contribution in [0.15, 0.2) is 72.8 Å². The maximum absolute atomic E-state index is 10.8. The van der Waals surface area contributed by atoms with Gasteiger partial charge in [-0.3, -0.25) is 0 Å². The Morgan fingerprint density at radius 2 is 1.58 bits per heavy atom. The molecule has 1 N–H and O–H groups in total. The Labute approximate surface area is 145 Å². The first-order chi connectivity index (χ1) is 11.6. The minimum Gasteiger partial charge on any atom is -0.489 e. The highest BCUT2D eigenvalue weighted by Crippen LogP contribution is 2.28. The number of ether oxygens (including phenoxy) is 1. The number of hydrogen-bond donors (Lipinski definition) is 1. The Morgan fingerprint density at radius 3 is 2.21 bits per heavy atom. The molecule has 4 heteroatoms. The number of carbonyl (C=O) groups is 1. The molecule has 0 aromatic heterocycles. The maximum atomic E-state index is 10.8. The van der Waals surface area contributed by atoms with Crippen LogP contribution < -0.4 is 4.74 Å². The molecule has 0 saturated carbocycles. The van der Waals surface area contributed by atoms with Crippen molar-refractivity contribution in [2.24, 2.45) is 0 Å². The molecule has 0 spiro atoms. The monoisotopic (exact) mass is 338 g/mol. The fraction of sp³-hybridized carbons (Fsp3) is 0.0500. The van der Waals surface area contributed by atoms with Crippen LogP contribution in [0.1, 0.15) is 15.9 Å². The molecule has 24 heavy (non-hydrogen) atoms. The van der Waals surface area contributed by atoms with Gasteiger partial charge in [0.05, 0.1) is 5.56 Å². The highest BCUT2D eigenvalue weighted by molar-refractivity contribution is 6.33. The van der Waals surface area contributed by atoms with E-state index >= 15 is 0 Å². The normalized spacial score (nSPS) is 10.4. The maximum Gasteiger partial charge on any atom is 0.335 e. The zero-order valence-electron chi connectivity index (χ0n) is 12.8. The Morgan fingerprint density at radius 1 is 0.917 bits per heavy atom. The van der Waals surface area contributed by atoms with Crippen LogP contribution in [0.3, 0.4) is 0 Å². The number of benzene rings is 3. The molecule has 0 aliphatic rings. The summed E-state index contributed by atoms with van der Waals surface area (Å²) < 4.78 is 5.73. The van der Waals surface area contributed by atoms with Gasteiger partial charge < -0.3 is 9.84 Å². The van der Waals surface area contributed by atoms with Crippen LogP contribution in [0.4, 0.5) is 0 Å². The topological polar surface area (TPSA) is 46.5 Å². The lowest BCUT2D eigenvalue weighted by Gasteiger charge is -2.08. The Hall–Kier alpha value is -2.78. The van der Waals surface area contributed by atoms with E-state index in [0.29, 0.717) is 11.6 Å². The standard InChI is InChI=1S/C20H15ClO3/c21-19-4-2-1-3-18(19)15-9-11-17(12-10-15)24-13-14-5-7-16(8-6-14)20(22)23/h1-12H,13H2,(H,22,23). The summed E-state index contributed by atoms with van der Waals surface area (Å²) in [6.07, 6.45) is 0. The fourth-order valence-electron chi connectivity index (χ4n) is 2.34. The van der Waals surface area contributed by atoms with Crippen LogP contribution in [0.25, 0.3) is 11.1 Å². The quantitative estimate of drug-likeness (QED) is 0.688. The van der Waals surface area contributed by atoms with Gasteiger partial charge in [-0.25, -0.2) is 4.79 Å². The SMILES string of the molecule is O=C(O)c1ccc(COc2ccc(-c3ccccc3Cl)cc2)cc1. The number of carboxylic acid groups (broad SMARTS) is 1. The first-order valence-electron chi connectivity index (χ1n) is 7.43. The molecular weight excluding hydrogens is 324 g/mol. The molecule has 3 aromatic carbocycles. The predicted molar refractivity (Wildman–Crippen MR) is 94.6 cm³/mol. The fourth-order valence-corrected chi connectivity index (χ4v) is 2.58. The molecule has 0 unspecified atom stereocenters. The molecule has 0 amide bonds. The van der Waals surface area contributed by atoms with Crippen LogP contribution in [-0.2, 0) is 6.61 Å². The van der Waals surface area contributed by atoms with Gasteiger partial charge in [-0.1, -0.05) is 54.1 Å². The molecule has 0 bridgehead atoms. The lowest BCUT2D eigenvalue weighted by molar-refractivity contribution is 0.0697.